The molecule has 0 aromatic heterocycles. The molecule has 0 saturated carbocycles. The standard InChI is InChI=1S/C11H11BrFNO3/c1-14-5-7(15)6-4-8-11(9(12)10(6)13)17-3-2-16-8/h4,14H,2-3,5H2,1H3. The maximum absolute atomic E-state index is 13.9. The summed E-state index contributed by atoms with van der Waals surface area (Å²) in [5, 5.41) is 2.69. The Labute approximate surface area is 106 Å². The monoisotopic (exact) mass is 303 g/mol. The molecule has 0 amide bonds. The Kier molecular flexibility index (Phi) is 3.63. The molecule has 92 valence electrons. The Morgan fingerprint density at radius 3 is 2.94 bits per heavy atom. The molecule has 1 heterocycles. The van der Waals surface area contributed by atoms with Gasteiger partial charge >= 0.3 is 0 Å². The van der Waals surface area contributed by atoms with Crippen molar-refractivity contribution in [1.82, 2.24) is 5.32 Å². The van der Waals surface area contributed by atoms with Gasteiger partial charge in [-0.15, -0.1) is 0 Å². The Balaban J connectivity index is 2.47. The van der Waals surface area contributed by atoms with Crippen LogP contribution in [0.5, 0.6) is 11.5 Å². The molecule has 1 aliphatic heterocycles. The summed E-state index contributed by atoms with van der Waals surface area (Å²) in [6.07, 6.45) is 0. The summed E-state index contributed by atoms with van der Waals surface area (Å²) in [5.74, 6) is -0.240. The minimum Gasteiger partial charge on any atom is -0.486 e. The summed E-state index contributed by atoms with van der Waals surface area (Å²) in [6, 6.07) is 1.38. The minimum atomic E-state index is -0.616. The number of likely N-dealkylation sites (N-methyl/N-ethyl adjacent to an activating group) is 1. The third-order valence-corrected chi connectivity index (χ3v) is 3.06. The highest BCUT2D eigenvalue weighted by atomic mass is 79.9. The molecule has 1 aromatic carbocycles. The van der Waals surface area contributed by atoms with Crippen LogP contribution < -0.4 is 14.8 Å². The lowest BCUT2D eigenvalue weighted by Crippen LogP contribution is -2.21. The lowest BCUT2D eigenvalue weighted by Gasteiger charge is -2.20. The van der Waals surface area contributed by atoms with E-state index in [2.05, 4.69) is 21.2 Å². The number of nitrogens with one attached hydrogen (secondary N) is 1. The molecule has 0 fully saturated rings. The number of rotatable bonds is 3. The van der Waals surface area contributed by atoms with Crippen molar-refractivity contribution in [2.24, 2.45) is 0 Å². The van der Waals surface area contributed by atoms with E-state index in [0.29, 0.717) is 24.7 Å². The van der Waals surface area contributed by atoms with Crippen LogP contribution >= 0.6 is 15.9 Å². The van der Waals surface area contributed by atoms with Crippen LogP contribution in [0.25, 0.3) is 0 Å². The predicted molar refractivity (Wildman–Crippen MR) is 63.3 cm³/mol. The maximum atomic E-state index is 13.9. The first-order valence-electron chi connectivity index (χ1n) is 5.10. The average Bonchev–Trinajstić information content (AvgIpc) is 2.34. The van der Waals surface area contributed by atoms with E-state index in [0.717, 1.165) is 0 Å². The number of Topliss-reactive ketones (excluding diaryl/α,β-unsaturated/α-hetero) is 1. The van der Waals surface area contributed by atoms with Crippen molar-refractivity contribution >= 4 is 21.7 Å². The van der Waals surface area contributed by atoms with E-state index in [-0.39, 0.29) is 22.4 Å². The average molecular weight is 304 g/mol. The fourth-order valence-corrected chi connectivity index (χ4v) is 2.11. The zero-order chi connectivity index (χ0) is 12.4. The van der Waals surface area contributed by atoms with E-state index in [1.54, 1.807) is 7.05 Å². The number of carbonyl (C=O) groups excluding carboxylic acids is 1. The molecule has 1 N–H and O–H groups in total. The molecule has 17 heavy (non-hydrogen) atoms. The second-order valence-corrected chi connectivity index (χ2v) is 4.32. The Morgan fingerprint density at radius 1 is 1.53 bits per heavy atom. The number of benzene rings is 1. The highest BCUT2D eigenvalue weighted by Crippen LogP contribution is 2.40. The van der Waals surface area contributed by atoms with Crippen LogP contribution in [0, 0.1) is 5.82 Å². The third kappa shape index (κ3) is 2.28. The van der Waals surface area contributed by atoms with Crippen molar-refractivity contribution in [1.29, 1.82) is 0 Å². The molecule has 0 aliphatic carbocycles. The fourth-order valence-electron chi connectivity index (χ4n) is 1.58. The summed E-state index contributed by atoms with van der Waals surface area (Å²) >= 11 is 3.08. The van der Waals surface area contributed by atoms with E-state index in [1.807, 2.05) is 0 Å². The van der Waals surface area contributed by atoms with Gasteiger partial charge in [0.15, 0.2) is 23.1 Å². The largest absolute Gasteiger partial charge is 0.486 e. The number of hydrogen-bond donors (Lipinski definition) is 1. The lowest BCUT2D eigenvalue weighted by atomic mass is 10.1. The number of carbonyl (C=O) groups is 1. The van der Waals surface area contributed by atoms with E-state index in [9.17, 15) is 9.18 Å². The van der Waals surface area contributed by atoms with Crippen LogP contribution in [-0.4, -0.2) is 32.6 Å². The number of fused-ring (bicyclic) bond motifs is 1. The van der Waals surface area contributed by atoms with Gasteiger partial charge < -0.3 is 14.8 Å². The second kappa shape index (κ2) is 5.01. The van der Waals surface area contributed by atoms with Gasteiger partial charge in [-0.05, 0) is 29.0 Å². The van der Waals surface area contributed by atoms with Crippen LogP contribution in [0.1, 0.15) is 10.4 Å². The van der Waals surface area contributed by atoms with E-state index in [1.165, 1.54) is 6.07 Å². The topological polar surface area (TPSA) is 47.6 Å². The Morgan fingerprint density at radius 2 is 2.24 bits per heavy atom. The van der Waals surface area contributed by atoms with Crippen molar-refractivity contribution in [3.63, 3.8) is 0 Å². The van der Waals surface area contributed by atoms with Gasteiger partial charge in [0, 0.05) is 0 Å². The van der Waals surface area contributed by atoms with Gasteiger partial charge in [0.05, 0.1) is 16.6 Å². The summed E-state index contributed by atoms with van der Waals surface area (Å²) in [5.41, 5.74) is -0.00419. The molecule has 0 spiro atoms. The quantitative estimate of drug-likeness (QED) is 0.865. The Hall–Kier alpha value is -1.14. The van der Waals surface area contributed by atoms with Gasteiger partial charge in [-0.1, -0.05) is 0 Å². The molecule has 6 heteroatoms. The summed E-state index contributed by atoms with van der Waals surface area (Å²) in [6.45, 7) is 0.836. The molecular weight excluding hydrogens is 293 g/mol. The van der Waals surface area contributed by atoms with Crippen LogP contribution in [0.3, 0.4) is 0 Å². The molecular formula is C11H11BrFNO3. The van der Waals surface area contributed by atoms with Crippen molar-refractivity contribution in [3.05, 3.63) is 21.9 Å². The van der Waals surface area contributed by atoms with Crippen LogP contribution in [0.4, 0.5) is 4.39 Å². The third-order valence-electron chi connectivity index (χ3n) is 2.35. The molecule has 0 unspecified atom stereocenters. The van der Waals surface area contributed by atoms with Crippen LogP contribution in [0.2, 0.25) is 0 Å². The van der Waals surface area contributed by atoms with Gasteiger partial charge in [-0.2, -0.15) is 0 Å². The summed E-state index contributed by atoms with van der Waals surface area (Å²) < 4.78 is 24.7. The van der Waals surface area contributed by atoms with Crippen molar-refractivity contribution < 1.29 is 18.7 Å². The maximum Gasteiger partial charge on any atom is 0.179 e. The van der Waals surface area contributed by atoms with Crippen LogP contribution in [0.15, 0.2) is 10.5 Å². The smallest absolute Gasteiger partial charge is 0.179 e. The number of ketones is 1. The van der Waals surface area contributed by atoms with E-state index < -0.39 is 5.82 Å². The number of ether oxygens (including phenoxy) is 2. The number of hydrogen-bond acceptors (Lipinski definition) is 4. The molecule has 0 atom stereocenters. The van der Waals surface area contributed by atoms with Crippen LogP contribution in [-0.2, 0) is 0 Å². The zero-order valence-corrected chi connectivity index (χ0v) is 10.8. The van der Waals surface area contributed by atoms with Crippen molar-refractivity contribution in [2.45, 2.75) is 0 Å². The first-order valence-corrected chi connectivity index (χ1v) is 5.90. The van der Waals surface area contributed by atoms with Gasteiger partial charge in [0.1, 0.15) is 13.2 Å². The predicted octanol–water partition coefficient (Wildman–Crippen LogP) is 1.76. The molecule has 0 bridgehead atoms. The molecule has 1 aromatic rings. The lowest BCUT2D eigenvalue weighted by molar-refractivity contribution is 0.0987. The molecule has 4 nitrogen and oxygen atoms in total. The van der Waals surface area contributed by atoms with Crippen molar-refractivity contribution in [3.8, 4) is 11.5 Å². The van der Waals surface area contributed by atoms with Gasteiger partial charge in [0.2, 0.25) is 0 Å². The van der Waals surface area contributed by atoms with Gasteiger partial charge in [-0.3, -0.25) is 4.79 Å². The molecule has 0 radical (unpaired) electrons. The first kappa shape index (κ1) is 12.3. The van der Waals surface area contributed by atoms with Gasteiger partial charge in [-0.25, -0.2) is 4.39 Å². The summed E-state index contributed by atoms with van der Waals surface area (Å²) in [4.78, 5) is 11.7. The van der Waals surface area contributed by atoms with E-state index >= 15 is 0 Å². The van der Waals surface area contributed by atoms with Gasteiger partial charge in [0.25, 0.3) is 0 Å². The second-order valence-electron chi connectivity index (χ2n) is 3.53. The highest BCUT2D eigenvalue weighted by Gasteiger charge is 2.24. The molecule has 2 rings (SSSR count). The van der Waals surface area contributed by atoms with Crippen molar-refractivity contribution in [2.75, 3.05) is 26.8 Å². The minimum absolute atomic E-state index is 0.00419. The zero-order valence-electron chi connectivity index (χ0n) is 9.18. The SMILES string of the molecule is CNCC(=O)c1cc2c(c(Br)c1F)OCCO2. The first-order chi connectivity index (χ1) is 8.15. The fraction of sp³-hybridized carbons (Fsp3) is 0.364. The normalized spacial score (nSPS) is 13.6. The number of halogens is 2. The summed E-state index contributed by atoms with van der Waals surface area (Å²) in [7, 11) is 1.63. The molecule has 0 saturated heterocycles. The van der Waals surface area contributed by atoms with E-state index in [4.69, 9.17) is 9.47 Å². The molecule has 1 aliphatic rings. The Bertz CT molecular complexity index is 465. The highest BCUT2D eigenvalue weighted by molar-refractivity contribution is 9.10.